The van der Waals surface area contributed by atoms with Gasteiger partial charge >= 0.3 is 5.69 Å². The van der Waals surface area contributed by atoms with Crippen LogP contribution >= 0.6 is 0 Å². The minimum Gasteiger partial charge on any atom is -0.490 e. The number of para-hydroxylation sites is 1. The fraction of sp³-hybridized carbons (Fsp3) is 0.214. The Morgan fingerprint density at radius 1 is 1.18 bits per heavy atom. The predicted octanol–water partition coefficient (Wildman–Crippen LogP) is 4.85. The number of carbonyl (C=O) groups is 2. The molecule has 2 amide bonds. The number of nitrogens with zero attached hydrogens (tertiary/aromatic N) is 5. The van der Waals surface area contributed by atoms with Crippen LogP contribution in [0.1, 0.15) is 32.8 Å². The summed E-state index contributed by atoms with van der Waals surface area (Å²) < 4.78 is 6.74. The van der Waals surface area contributed by atoms with Crippen molar-refractivity contribution in [2.45, 2.75) is 33.2 Å². The van der Waals surface area contributed by atoms with E-state index in [1.807, 2.05) is 43.3 Å². The normalized spacial score (nSPS) is 15.6. The molecule has 1 aliphatic rings. The lowest BCUT2D eigenvalue weighted by Gasteiger charge is -2.31. The molecule has 38 heavy (non-hydrogen) atoms. The molecule has 0 radical (unpaired) electrons. The molecule has 4 rings (SSSR count). The first-order valence-electron chi connectivity index (χ1n) is 11.9. The lowest BCUT2D eigenvalue weighted by molar-refractivity contribution is -0.385. The van der Waals surface area contributed by atoms with Crippen LogP contribution in [0.2, 0.25) is 0 Å². The van der Waals surface area contributed by atoms with E-state index in [0.29, 0.717) is 23.2 Å². The Bertz CT molecular complexity index is 1550. The number of ether oxygens (including phenoxy) is 1. The van der Waals surface area contributed by atoms with Gasteiger partial charge in [-0.3, -0.25) is 24.6 Å². The Balaban J connectivity index is 1.97. The summed E-state index contributed by atoms with van der Waals surface area (Å²) in [4.78, 5) is 38.7. The van der Waals surface area contributed by atoms with E-state index < -0.39 is 22.8 Å². The maximum absolute atomic E-state index is 13.5. The molecule has 0 saturated heterocycles. The topological polar surface area (TPSA) is 131 Å². The van der Waals surface area contributed by atoms with Crippen LogP contribution in [-0.4, -0.2) is 44.6 Å². The summed E-state index contributed by atoms with van der Waals surface area (Å²) in [6, 6.07) is 15.3. The summed E-state index contributed by atoms with van der Waals surface area (Å²) in [5.74, 6) is -1.03. The van der Waals surface area contributed by atoms with Crippen molar-refractivity contribution in [2.75, 3.05) is 7.11 Å². The van der Waals surface area contributed by atoms with Gasteiger partial charge < -0.3 is 4.74 Å². The van der Waals surface area contributed by atoms with E-state index in [4.69, 9.17) is 4.74 Å². The second-order valence-corrected chi connectivity index (χ2v) is 8.76. The first-order chi connectivity index (χ1) is 18.2. The van der Waals surface area contributed by atoms with Crippen molar-refractivity contribution in [3.63, 3.8) is 0 Å². The highest BCUT2D eigenvalue weighted by Gasteiger charge is 2.38. The lowest BCUT2D eigenvalue weighted by atomic mass is 9.92. The molecule has 10 heteroatoms. The number of nitro benzene ring substituents is 1. The van der Waals surface area contributed by atoms with Gasteiger partial charge in [-0.25, -0.2) is 4.68 Å². The second kappa shape index (κ2) is 10.5. The maximum atomic E-state index is 13.5. The summed E-state index contributed by atoms with van der Waals surface area (Å²) in [5.41, 5.74) is 2.12. The molecule has 10 nitrogen and oxygen atoms in total. The molecule has 1 unspecified atom stereocenters. The van der Waals surface area contributed by atoms with Crippen LogP contribution in [-0.2, 0) is 9.59 Å². The standard InChI is InChI=1S/C28H25N5O5/c1-5-17(2)32-27(34)22(18(3)23(15-29)28(32)35)13-20-16-31(21-9-7-6-8-10-21)30-26(20)19-11-12-25(38-4)24(14-19)33(36)37/h6-14,16-17H,5H2,1-4H3/b22-13+. The van der Waals surface area contributed by atoms with Crippen LogP contribution in [0.15, 0.2) is 71.4 Å². The van der Waals surface area contributed by atoms with Crippen LogP contribution < -0.4 is 4.74 Å². The molecule has 0 spiro atoms. The summed E-state index contributed by atoms with van der Waals surface area (Å²) in [6.45, 7) is 5.16. The minimum atomic E-state index is -0.618. The molecule has 1 aliphatic heterocycles. The van der Waals surface area contributed by atoms with Crippen LogP contribution in [0.5, 0.6) is 5.75 Å². The van der Waals surface area contributed by atoms with Crippen molar-refractivity contribution >= 4 is 23.6 Å². The number of nitro groups is 1. The number of benzene rings is 2. The molecule has 0 fully saturated rings. The molecular formula is C28H25N5O5. The van der Waals surface area contributed by atoms with E-state index in [1.54, 1.807) is 36.9 Å². The number of methoxy groups -OCH3 is 1. The van der Waals surface area contributed by atoms with E-state index in [-0.39, 0.29) is 28.2 Å². The maximum Gasteiger partial charge on any atom is 0.311 e. The molecule has 2 heterocycles. The fourth-order valence-electron chi connectivity index (χ4n) is 4.25. The molecular weight excluding hydrogens is 486 g/mol. The van der Waals surface area contributed by atoms with Crippen LogP contribution in [0.4, 0.5) is 5.69 Å². The van der Waals surface area contributed by atoms with Crippen molar-refractivity contribution in [2.24, 2.45) is 0 Å². The van der Waals surface area contributed by atoms with Crippen molar-refractivity contribution in [1.82, 2.24) is 14.7 Å². The smallest absolute Gasteiger partial charge is 0.311 e. The molecule has 0 aliphatic carbocycles. The summed E-state index contributed by atoms with van der Waals surface area (Å²) >= 11 is 0. The average Bonchev–Trinajstić information content (AvgIpc) is 3.35. The molecule has 0 saturated carbocycles. The van der Waals surface area contributed by atoms with E-state index in [1.165, 1.54) is 19.2 Å². The third-order valence-electron chi connectivity index (χ3n) is 6.52. The zero-order chi connectivity index (χ0) is 27.6. The van der Waals surface area contributed by atoms with Gasteiger partial charge in [0.25, 0.3) is 11.8 Å². The largest absolute Gasteiger partial charge is 0.490 e. The first kappa shape index (κ1) is 26.0. The zero-order valence-corrected chi connectivity index (χ0v) is 21.3. The Labute approximate surface area is 219 Å². The van der Waals surface area contributed by atoms with E-state index in [2.05, 4.69) is 5.10 Å². The SMILES string of the molecule is CCC(C)N1C(=O)C(C#N)=C(C)/C(=C\c2cn(-c3ccccc3)nc2-c2ccc(OC)c([N+](=O)[O-])c2)C1=O. The third-order valence-corrected chi connectivity index (χ3v) is 6.52. The van der Waals surface area contributed by atoms with Gasteiger partial charge in [0.15, 0.2) is 5.75 Å². The van der Waals surface area contributed by atoms with Crippen molar-refractivity contribution < 1.29 is 19.2 Å². The molecule has 3 aromatic rings. The number of aromatic nitrogens is 2. The lowest BCUT2D eigenvalue weighted by Crippen LogP contribution is -2.47. The fourth-order valence-corrected chi connectivity index (χ4v) is 4.25. The number of nitriles is 1. The monoisotopic (exact) mass is 511 g/mol. The van der Waals surface area contributed by atoms with Gasteiger partial charge in [-0.15, -0.1) is 0 Å². The van der Waals surface area contributed by atoms with Gasteiger partial charge in [-0.2, -0.15) is 10.4 Å². The van der Waals surface area contributed by atoms with Gasteiger partial charge in [-0.05, 0) is 56.2 Å². The zero-order valence-electron chi connectivity index (χ0n) is 21.3. The van der Waals surface area contributed by atoms with Gasteiger partial charge in [0.2, 0.25) is 0 Å². The predicted molar refractivity (Wildman–Crippen MR) is 140 cm³/mol. The molecule has 192 valence electrons. The molecule has 0 bridgehead atoms. The Kier molecular flexibility index (Phi) is 7.21. The number of rotatable bonds is 7. The van der Waals surface area contributed by atoms with Crippen molar-refractivity contribution in [3.8, 4) is 28.8 Å². The van der Waals surface area contributed by atoms with Crippen molar-refractivity contribution in [3.05, 3.63) is 87.1 Å². The van der Waals surface area contributed by atoms with Crippen LogP contribution in [0.25, 0.3) is 23.0 Å². The van der Waals surface area contributed by atoms with Gasteiger partial charge in [0.1, 0.15) is 17.3 Å². The van der Waals surface area contributed by atoms with Gasteiger partial charge in [0.05, 0.1) is 17.7 Å². The van der Waals surface area contributed by atoms with E-state index in [0.717, 1.165) is 10.6 Å². The van der Waals surface area contributed by atoms with Crippen LogP contribution in [0, 0.1) is 21.4 Å². The van der Waals surface area contributed by atoms with Gasteiger partial charge in [0, 0.05) is 35.0 Å². The number of amides is 2. The molecule has 0 N–H and O–H groups in total. The quantitative estimate of drug-likeness (QED) is 0.192. The Morgan fingerprint density at radius 2 is 1.89 bits per heavy atom. The average molecular weight is 512 g/mol. The summed E-state index contributed by atoms with van der Waals surface area (Å²) in [7, 11) is 1.35. The summed E-state index contributed by atoms with van der Waals surface area (Å²) in [5, 5.41) is 26.1. The minimum absolute atomic E-state index is 0.101. The third kappa shape index (κ3) is 4.57. The highest BCUT2D eigenvalue weighted by atomic mass is 16.6. The van der Waals surface area contributed by atoms with E-state index >= 15 is 0 Å². The number of carbonyl (C=O) groups excluding carboxylic acids is 2. The molecule has 1 atom stereocenters. The molecule has 1 aromatic heterocycles. The number of imide groups is 1. The molecule has 2 aromatic carbocycles. The number of hydrogen-bond acceptors (Lipinski definition) is 7. The first-order valence-corrected chi connectivity index (χ1v) is 11.9. The van der Waals surface area contributed by atoms with E-state index in [9.17, 15) is 25.0 Å². The van der Waals surface area contributed by atoms with Crippen molar-refractivity contribution in [1.29, 1.82) is 5.26 Å². The Morgan fingerprint density at radius 3 is 2.50 bits per heavy atom. The highest BCUT2D eigenvalue weighted by Crippen LogP contribution is 2.35. The van der Waals surface area contributed by atoms with Crippen LogP contribution in [0.3, 0.4) is 0 Å². The van der Waals surface area contributed by atoms with Gasteiger partial charge in [-0.1, -0.05) is 25.1 Å². The summed E-state index contributed by atoms with van der Waals surface area (Å²) in [6.07, 6.45) is 3.80. The number of hydrogen-bond donors (Lipinski definition) is 0. The second-order valence-electron chi connectivity index (χ2n) is 8.76. The Hall–Kier alpha value is -5.04. The highest BCUT2D eigenvalue weighted by molar-refractivity contribution is 6.20.